The van der Waals surface area contributed by atoms with Gasteiger partial charge in [-0.3, -0.25) is 10.1 Å². The highest BCUT2D eigenvalue weighted by Crippen LogP contribution is 2.30. The lowest BCUT2D eigenvalue weighted by Gasteiger charge is -2.14. The fourth-order valence-corrected chi connectivity index (χ4v) is 1.72. The second-order valence-electron chi connectivity index (χ2n) is 3.99. The summed E-state index contributed by atoms with van der Waals surface area (Å²) in [7, 11) is 1.77. The summed E-state index contributed by atoms with van der Waals surface area (Å²) in [5, 5.41) is 21.7. The first kappa shape index (κ1) is 13.6. The van der Waals surface area contributed by atoms with Gasteiger partial charge in [0.1, 0.15) is 12.7 Å². The number of nitrogens with zero attached hydrogens (tertiary/aromatic N) is 6. The Hall–Kier alpha value is -2.82. The largest absolute Gasteiger partial charge is 0.354 e. The highest BCUT2D eigenvalue weighted by atomic mass is 16.6. The number of hydrazine groups is 1. The third kappa shape index (κ3) is 2.47. The van der Waals surface area contributed by atoms with Gasteiger partial charge in [0, 0.05) is 7.05 Å². The average Bonchev–Trinajstić information content (AvgIpc) is 2.84. The molecular formula is C9H13N9O2. The molecular weight excluding hydrogens is 266 g/mol. The molecule has 0 aliphatic heterocycles. The van der Waals surface area contributed by atoms with Gasteiger partial charge in [-0.05, 0) is 6.92 Å². The lowest BCUT2D eigenvalue weighted by Crippen LogP contribution is -2.16. The number of hydrogen-bond acceptors (Lipinski definition) is 9. The molecule has 11 nitrogen and oxygen atoms in total. The second kappa shape index (κ2) is 5.44. The van der Waals surface area contributed by atoms with Crippen molar-refractivity contribution < 1.29 is 4.92 Å². The molecule has 2 heterocycles. The van der Waals surface area contributed by atoms with E-state index in [9.17, 15) is 10.1 Å². The molecule has 0 aromatic carbocycles. The molecule has 2 aromatic rings. The topological polar surface area (TPSA) is 150 Å². The molecule has 1 atom stereocenters. The summed E-state index contributed by atoms with van der Waals surface area (Å²) in [6, 6.07) is -0.332. The summed E-state index contributed by atoms with van der Waals surface area (Å²) in [6.45, 7) is 1.78. The number of nitrogen functional groups attached to an aromatic ring is 1. The lowest BCUT2D eigenvalue weighted by atomic mass is 10.3. The predicted molar refractivity (Wildman–Crippen MR) is 69.5 cm³/mol. The Bertz CT molecular complexity index is 626. The summed E-state index contributed by atoms with van der Waals surface area (Å²) in [5.41, 5.74) is 1.84. The molecule has 11 heteroatoms. The van der Waals surface area contributed by atoms with Crippen LogP contribution in [-0.2, 0) is 7.05 Å². The minimum atomic E-state index is -0.610. The molecule has 2 aromatic heterocycles. The van der Waals surface area contributed by atoms with Crippen LogP contribution in [0.3, 0.4) is 0 Å². The Kier molecular flexibility index (Phi) is 3.70. The van der Waals surface area contributed by atoms with Crippen LogP contribution in [0.15, 0.2) is 12.7 Å². The van der Waals surface area contributed by atoms with E-state index in [1.54, 1.807) is 18.5 Å². The van der Waals surface area contributed by atoms with Crippen molar-refractivity contribution in [1.29, 1.82) is 0 Å². The van der Waals surface area contributed by atoms with Crippen molar-refractivity contribution in [3.8, 4) is 0 Å². The molecule has 0 amide bonds. The molecule has 0 aliphatic carbocycles. The van der Waals surface area contributed by atoms with Crippen molar-refractivity contribution in [3.05, 3.63) is 28.6 Å². The number of anilines is 2. The van der Waals surface area contributed by atoms with E-state index in [2.05, 4.69) is 30.9 Å². The van der Waals surface area contributed by atoms with Gasteiger partial charge in [0.15, 0.2) is 5.82 Å². The van der Waals surface area contributed by atoms with E-state index in [1.807, 2.05) is 0 Å². The van der Waals surface area contributed by atoms with E-state index in [0.717, 1.165) is 0 Å². The van der Waals surface area contributed by atoms with Crippen LogP contribution in [0, 0.1) is 10.1 Å². The number of nitrogens with two attached hydrogens (primary N) is 1. The van der Waals surface area contributed by atoms with Crippen LogP contribution in [0.2, 0.25) is 0 Å². The van der Waals surface area contributed by atoms with E-state index >= 15 is 0 Å². The predicted octanol–water partition coefficient (Wildman–Crippen LogP) is -0.0280. The van der Waals surface area contributed by atoms with Gasteiger partial charge in [0.25, 0.3) is 0 Å². The summed E-state index contributed by atoms with van der Waals surface area (Å²) in [6.07, 6.45) is 2.71. The normalized spacial score (nSPS) is 11.9. The molecule has 0 bridgehead atoms. The minimum Gasteiger partial charge on any atom is -0.354 e. The maximum absolute atomic E-state index is 11.1. The number of nitrogens with one attached hydrogen (secondary N) is 2. The van der Waals surface area contributed by atoms with Gasteiger partial charge in [-0.25, -0.2) is 15.8 Å². The Morgan fingerprint density at radius 1 is 1.45 bits per heavy atom. The average molecular weight is 279 g/mol. The third-order valence-corrected chi connectivity index (χ3v) is 2.63. The standard InChI is InChI=1S/C9H13N9O2/c1-5(9-16-13-4-17(9)2)14-7-6(18(19)20)8(15-10)12-3-11-7/h3-5H,10H2,1-2H3,(H2,11,12,14,15). The van der Waals surface area contributed by atoms with E-state index in [0.29, 0.717) is 5.82 Å². The zero-order chi connectivity index (χ0) is 14.7. The molecule has 106 valence electrons. The monoisotopic (exact) mass is 279 g/mol. The van der Waals surface area contributed by atoms with Gasteiger partial charge in [0.2, 0.25) is 11.6 Å². The van der Waals surface area contributed by atoms with Crippen LogP contribution >= 0.6 is 0 Å². The quantitative estimate of drug-likeness (QED) is 0.389. The van der Waals surface area contributed by atoms with Crippen molar-refractivity contribution >= 4 is 17.3 Å². The van der Waals surface area contributed by atoms with Crippen LogP contribution in [0.1, 0.15) is 18.8 Å². The summed E-state index contributed by atoms with van der Waals surface area (Å²) >= 11 is 0. The minimum absolute atomic E-state index is 0.0495. The van der Waals surface area contributed by atoms with Gasteiger partial charge in [-0.2, -0.15) is 0 Å². The smallest absolute Gasteiger partial charge is 0.354 e. The SMILES string of the molecule is CC(Nc1ncnc(NN)c1[N+](=O)[O-])c1nncn1C. The molecule has 0 radical (unpaired) electrons. The van der Waals surface area contributed by atoms with Crippen LogP contribution in [-0.4, -0.2) is 29.7 Å². The number of hydrogen-bond donors (Lipinski definition) is 3. The van der Waals surface area contributed by atoms with E-state index in [1.165, 1.54) is 12.7 Å². The Labute approximate surface area is 113 Å². The first-order chi connectivity index (χ1) is 9.54. The van der Waals surface area contributed by atoms with E-state index in [4.69, 9.17) is 5.84 Å². The highest BCUT2D eigenvalue weighted by molar-refractivity contribution is 5.69. The number of aryl methyl sites for hydroxylation is 1. The van der Waals surface area contributed by atoms with Crippen molar-refractivity contribution in [2.75, 3.05) is 10.7 Å². The molecule has 20 heavy (non-hydrogen) atoms. The maximum atomic E-state index is 11.1. The molecule has 1 unspecified atom stereocenters. The summed E-state index contributed by atoms with van der Waals surface area (Å²) < 4.78 is 1.70. The second-order valence-corrected chi connectivity index (χ2v) is 3.99. The fourth-order valence-electron chi connectivity index (χ4n) is 1.72. The van der Waals surface area contributed by atoms with Gasteiger partial charge in [0.05, 0.1) is 11.0 Å². The van der Waals surface area contributed by atoms with Gasteiger partial charge >= 0.3 is 5.69 Å². The van der Waals surface area contributed by atoms with Crippen LogP contribution in [0.4, 0.5) is 17.3 Å². The Balaban J connectivity index is 2.34. The van der Waals surface area contributed by atoms with Crippen molar-refractivity contribution in [2.24, 2.45) is 12.9 Å². The molecule has 0 saturated carbocycles. The number of aromatic nitrogens is 5. The van der Waals surface area contributed by atoms with Gasteiger partial charge < -0.3 is 15.3 Å². The van der Waals surface area contributed by atoms with Crippen LogP contribution < -0.4 is 16.6 Å². The summed E-state index contributed by atoms with van der Waals surface area (Å²) in [4.78, 5) is 18.1. The van der Waals surface area contributed by atoms with Crippen molar-refractivity contribution in [2.45, 2.75) is 13.0 Å². The van der Waals surface area contributed by atoms with Gasteiger partial charge in [-0.15, -0.1) is 10.2 Å². The highest BCUT2D eigenvalue weighted by Gasteiger charge is 2.24. The van der Waals surface area contributed by atoms with Crippen molar-refractivity contribution in [3.63, 3.8) is 0 Å². The number of rotatable bonds is 5. The molecule has 4 N–H and O–H groups in total. The third-order valence-electron chi connectivity index (χ3n) is 2.63. The van der Waals surface area contributed by atoms with Gasteiger partial charge in [-0.1, -0.05) is 0 Å². The summed E-state index contributed by atoms with van der Waals surface area (Å²) in [5.74, 6) is 5.80. The number of nitro groups is 1. The lowest BCUT2D eigenvalue weighted by molar-refractivity contribution is -0.383. The van der Waals surface area contributed by atoms with Crippen molar-refractivity contribution in [1.82, 2.24) is 24.7 Å². The Morgan fingerprint density at radius 2 is 2.15 bits per heavy atom. The molecule has 0 spiro atoms. The molecule has 0 aliphatic rings. The first-order valence-corrected chi connectivity index (χ1v) is 5.61. The molecule has 2 rings (SSSR count). The van der Waals surface area contributed by atoms with E-state index in [-0.39, 0.29) is 23.4 Å². The molecule has 0 saturated heterocycles. The Morgan fingerprint density at radius 3 is 2.70 bits per heavy atom. The zero-order valence-electron chi connectivity index (χ0n) is 10.8. The molecule has 0 fully saturated rings. The fraction of sp³-hybridized carbons (Fsp3) is 0.333. The maximum Gasteiger partial charge on any atom is 0.354 e. The zero-order valence-corrected chi connectivity index (χ0v) is 10.8. The van der Waals surface area contributed by atoms with E-state index < -0.39 is 4.92 Å². The van der Waals surface area contributed by atoms with Crippen LogP contribution in [0.25, 0.3) is 0 Å². The van der Waals surface area contributed by atoms with Crippen LogP contribution in [0.5, 0.6) is 0 Å². The first-order valence-electron chi connectivity index (χ1n) is 5.61.